The van der Waals surface area contributed by atoms with Gasteiger partial charge in [0, 0.05) is 18.8 Å². The molecule has 0 fully saturated rings. The van der Waals surface area contributed by atoms with Crippen LogP contribution in [0.1, 0.15) is 15.9 Å². The summed E-state index contributed by atoms with van der Waals surface area (Å²) in [6.07, 6.45) is 1.57. The highest BCUT2D eigenvalue weighted by molar-refractivity contribution is 7.80. The van der Waals surface area contributed by atoms with E-state index in [2.05, 4.69) is 4.98 Å². The van der Waals surface area contributed by atoms with Crippen molar-refractivity contribution in [3.63, 3.8) is 0 Å². The third-order valence-corrected chi connectivity index (χ3v) is 3.25. The third kappa shape index (κ3) is 3.00. The molecule has 1 heterocycles. The maximum Gasteiger partial charge on any atom is 0.263 e. The summed E-state index contributed by atoms with van der Waals surface area (Å²) >= 11 is 5.02. The van der Waals surface area contributed by atoms with Crippen LogP contribution in [0.3, 0.4) is 0 Å². The number of nitrogens with zero attached hydrogens (tertiary/aromatic N) is 2. The van der Waals surface area contributed by atoms with Crippen molar-refractivity contribution in [2.75, 3.05) is 19.1 Å². The van der Waals surface area contributed by atoms with Gasteiger partial charge in [0.1, 0.15) is 10.6 Å². The Morgan fingerprint density at radius 3 is 2.57 bits per heavy atom. The normalized spacial score (nSPS) is 10.0. The second kappa shape index (κ2) is 6.32. The second-order valence-electron chi connectivity index (χ2n) is 4.31. The summed E-state index contributed by atoms with van der Waals surface area (Å²) in [4.78, 5) is 18.4. The van der Waals surface area contributed by atoms with Gasteiger partial charge in [0.15, 0.2) is 0 Å². The van der Waals surface area contributed by atoms with Gasteiger partial charge >= 0.3 is 0 Å². The number of nitrogens with two attached hydrogens (primary N) is 1. The largest absolute Gasteiger partial charge is 0.480 e. The molecule has 0 atom stereocenters. The summed E-state index contributed by atoms with van der Waals surface area (Å²) in [5.74, 6) is 0.0332. The highest BCUT2D eigenvalue weighted by atomic mass is 32.1. The average Bonchev–Trinajstić information content (AvgIpc) is 2.53. The summed E-state index contributed by atoms with van der Waals surface area (Å²) in [5.41, 5.74) is 7.36. The molecule has 0 aliphatic heterocycles. The van der Waals surface area contributed by atoms with Crippen molar-refractivity contribution in [1.82, 2.24) is 4.98 Å². The van der Waals surface area contributed by atoms with Gasteiger partial charge < -0.3 is 15.4 Å². The predicted molar refractivity (Wildman–Crippen MR) is 85.9 cm³/mol. The fraction of sp³-hybridized carbons (Fsp3) is 0.133. The third-order valence-electron chi connectivity index (χ3n) is 3.03. The molecule has 0 radical (unpaired) electrons. The van der Waals surface area contributed by atoms with Crippen LogP contribution in [0.25, 0.3) is 0 Å². The SMILES string of the molecule is COc1ncccc1C(=O)N(C)c1ccccc1C(N)=S. The topological polar surface area (TPSA) is 68.5 Å². The van der Waals surface area contributed by atoms with E-state index in [9.17, 15) is 4.79 Å². The van der Waals surface area contributed by atoms with Crippen molar-refractivity contribution < 1.29 is 9.53 Å². The summed E-state index contributed by atoms with van der Waals surface area (Å²) in [7, 11) is 3.13. The average molecular weight is 301 g/mol. The number of anilines is 1. The lowest BCUT2D eigenvalue weighted by Gasteiger charge is -2.21. The predicted octanol–water partition coefficient (Wildman–Crippen LogP) is 2.00. The van der Waals surface area contributed by atoms with E-state index in [0.717, 1.165) is 0 Å². The quantitative estimate of drug-likeness (QED) is 0.875. The van der Waals surface area contributed by atoms with Crippen molar-refractivity contribution in [1.29, 1.82) is 0 Å². The van der Waals surface area contributed by atoms with Crippen LogP contribution >= 0.6 is 12.2 Å². The van der Waals surface area contributed by atoms with Crippen LogP contribution in [0.2, 0.25) is 0 Å². The number of ether oxygens (including phenoxy) is 1. The second-order valence-corrected chi connectivity index (χ2v) is 4.75. The lowest BCUT2D eigenvalue weighted by molar-refractivity contribution is 0.0989. The van der Waals surface area contributed by atoms with Crippen LogP contribution in [-0.4, -0.2) is 30.0 Å². The van der Waals surface area contributed by atoms with E-state index in [-0.39, 0.29) is 16.8 Å². The van der Waals surface area contributed by atoms with Crippen LogP contribution in [0, 0.1) is 0 Å². The summed E-state index contributed by atoms with van der Waals surface area (Å²) < 4.78 is 5.12. The first-order valence-electron chi connectivity index (χ1n) is 6.22. The zero-order valence-corrected chi connectivity index (χ0v) is 12.6. The van der Waals surface area contributed by atoms with E-state index < -0.39 is 0 Å². The molecule has 0 saturated heterocycles. The van der Waals surface area contributed by atoms with Crippen LogP contribution in [0.5, 0.6) is 5.88 Å². The number of amides is 1. The molecule has 108 valence electrons. The number of thiocarbonyl (C=S) groups is 1. The lowest BCUT2D eigenvalue weighted by Crippen LogP contribution is -2.29. The minimum atomic E-state index is -0.247. The van der Waals surface area contributed by atoms with Gasteiger partial charge in [-0.25, -0.2) is 4.98 Å². The van der Waals surface area contributed by atoms with Gasteiger partial charge in [-0.1, -0.05) is 24.4 Å². The Labute approximate surface area is 128 Å². The van der Waals surface area contributed by atoms with Crippen molar-refractivity contribution in [2.24, 2.45) is 5.73 Å². The molecule has 2 rings (SSSR count). The molecule has 0 bridgehead atoms. The number of hydrogen-bond donors (Lipinski definition) is 1. The molecule has 0 aliphatic rings. The molecule has 0 aliphatic carbocycles. The van der Waals surface area contributed by atoms with Crippen LogP contribution in [0.15, 0.2) is 42.6 Å². The molecule has 0 unspecified atom stereocenters. The Morgan fingerprint density at radius 1 is 1.24 bits per heavy atom. The molecule has 6 heteroatoms. The van der Waals surface area contributed by atoms with E-state index in [1.807, 2.05) is 12.1 Å². The van der Waals surface area contributed by atoms with Crippen molar-refractivity contribution in [2.45, 2.75) is 0 Å². The number of para-hydroxylation sites is 1. The zero-order chi connectivity index (χ0) is 15.4. The standard InChI is InChI=1S/C15H15N3O2S/c1-18(12-8-4-3-6-10(12)13(16)21)15(19)11-7-5-9-17-14(11)20-2/h3-9H,1-2H3,(H2,16,21). The Morgan fingerprint density at radius 2 is 1.90 bits per heavy atom. The van der Waals surface area contributed by atoms with Crippen molar-refractivity contribution >= 4 is 28.8 Å². The minimum Gasteiger partial charge on any atom is -0.480 e. The molecular formula is C15H15N3O2S. The van der Waals surface area contributed by atoms with Gasteiger partial charge in [0.25, 0.3) is 5.91 Å². The smallest absolute Gasteiger partial charge is 0.263 e. The molecule has 0 saturated carbocycles. The molecule has 2 N–H and O–H groups in total. The van der Waals surface area contributed by atoms with E-state index in [1.165, 1.54) is 12.0 Å². The van der Waals surface area contributed by atoms with E-state index >= 15 is 0 Å². The number of rotatable bonds is 4. The maximum absolute atomic E-state index is 12.6. The number of hydrogen-bond acceptors (Lipinski definition) is 4. The molecule has 1 aromatic heterocycles. The van der Waals surface area contributed by atoms with Crippen LogP contribution in [0.4, 0.5) is 5.69 Å². The van der Waals surface area contributed by atoms with Crippen LogP contribution < -0.4 is 15.4 Å². The first kappa shape index (κ1) is 14.9. The number of methoxy groups -OCH3 is 1. The molecule has 1 aromatic carbocycles. The number of benzene rings is 1. The van der Waals surface area contributed by atoms with Gasteiger partial charge in [0.05, 0.1) is 12.8 Å². The highest BCUT2D eigenvalue weighted by Crippen LogP contribution is 2.23. The summed E-state index contributed by atoms with van der Waals surface area (Å²) in [6, 6.07) is 10.6. The first-order valence-corrected chi connectivity index (χ1v) is 6.63. The Bertz CT molecular complexity index is 688. The fourth-order valence-corrected chi connectivity index (χ4v) is 2.15. The number of carbonyl (C=O) groups is 1. The van der Waals surface area contributed by atoms with E-state index in [4.69, 9.17) is 22.7 Å². The first-order chi connectivity index (χ1) is 10.1. The monoisotopic (exact) mass is 301 g/mol. The maximum atomic E-state index is 12.6. The molecule has 1 amide bonds. The van der Waals surface area contributed by atoms with Gasteiger partial charge in [0.2, 0.25) is 5.88 Å². The number of pyridine rings is 1. The molecule has 21 heavy (non-hydrogen) atoms. The van der Waals surface area contributed by atoms with Crippen LogP contribution in [-0.2, 0) is 0 Å². The highest BCUT2D eigenvalue weighted by Gasteiger charge is 2.20. The lowest BCUT2D eigenvalue weighted by atomic mass is 10.1. The minimum absolute atomic E-state index is 0.239. The summed E-state index contributed by atoms with van der Waals surface area (Å²) in [6.45, 7) is 0. The molecule has 2 aromatic rings. The van der Waals surface area contributed by atoms with Gasteiger partial charge in [-0.3, -0.25) is 4.79 Å². The number of carbonyl (C=O) groups excluding carboxylic acids is 1. The Balaban J connectivity index is 2.43. The summed E-state index contributed by atoms with van der Waals surface area (Å²) in [5, 5.41) is 0. The Kier molecular flexibility index (Phi) is 4.49. The molecule has 5 nitrogen and oxygen atoms in total. The van der Waals surface area contributed by atoms with Crippen molar-refractivity contribution in [3.8, 4) is 5.88 Å². The van der Waals surface area contributed by atoms with E-state index in [1.54, 1.807) is 37.5 Å². The van der Waals surface area contributed by atoms with Crippen molar-refractivity contribution in [3.05, 3.63) is 53.7 Å². The Hall–Kier alpha value is -2.47. The number of aromatic nitrogens is 1. The van der Waals surface area contributed by atoms with E-state index in [0.29, 0.717) is 16.8 Å². The fourth-order valence-electron chi connectivity index (χ4n) is 1.98. The van der Waals surface area contributed by atoms with Gasteiger partial charge in [-0.15, -0.1) is 0 Å². The van der Waals surface area contributed by atoms with Gasteiger partial charge in [-0.05, 0) is 24.3 Å². The zero-order valence-electron chi connectivity index (χ0n) is 11.7. The molecule has 0 spiro atoms. The van der Waals surface area contributed by atoms with Gasteiger partial charge in [-0.2, -0.15) is 0 Å². The molecular weight excluding hydrogens is 286 g/mol.